The van der Waals surface area contributed by atoms with E-state index in [4.69, 9.17) is 14.5 Å². The summed E-state index contributed by atoms with van der Waals surface area (Å²) in [5.74, 6) is 0.181. The maximum absolute atomic E-state index is 11.9. The first-order valence-electron chi connectivity index (χ1n) is 9.88. The van der Waals surface area contributed by atoms with Crippen LogP contribution >= 0.6 is 0 Å². The molecule has 8 heteroatoms. The molecular formula is C22H23N5O3. The van der Waals surface area contributed by atoms with Crippen molar-refractivity contribution in [1.29, 1.82) is 0 Å². The SMILES string of the molecule is CCOC(=O)c1ccc(-c2ccnc(N(c3cccnc3)C3CNCCO3)n2)cc1. The number of ether oxygens (including phenoxy) is 2. The number of carbonyl (C=O) groups is 1. The molecule has 0 radical (unpaired) electrons. The molecule has 3 heterocycles. The van der Waals surface area contributed by atoms with E-state index in [1.165, 1.54) is 0 Å². The molecule has 1 aliphatic rings. The molecule has 1 aromatic carbocycles. The number of hydrogen-bond donors (Lipinski definition) is 1. The van der Waals surface area contributed by atoms with Gasteiger partial charge in [-0.15, -0.1) is 0 Å². The molecule has 0 aliphatic carbocycles. The molecule has 8 nitrogen and oxygen atoms in total. The maximum Gasteiger partial charge on any atom is 0.338 e. The molecule has 1 unspecified atom stereocenters. The van der Waals surface area contributed by atoms with Gasteiger partial charge in [0.05, 0.1) is 36.4 Å². The average Bonchev–Trinajstić information content (AvgIpc) is 2.81. The predicted molar refractivity (Wildman–Crippen MR) is 112 cm³/mol. The average molecular weight is 405 g/mol. The molecule has 2 aromatic heterocycles. The van der Waals surface area contributed by atoms with Crippen molar-refractivity contribution in [2.45, 2.75) is 13.2 Å². The van der Waals surface area contributed by atoms with Gasteiger partial charge in [0.25, 0.3) is 0 Å². The third kappa shape index (κ3) is 4.45. The van der Waals surface area contributed by atoms with Crippen LogP contribution in [0.2, 0.25) is 0 Å². The zero-order valence-corrected chi connectivity index (χ0v) is 16.7. The number of aromatic nitrogens is 3. The smallest absolute Gasteiger partial charge is 0.338 e. The van der Waals surface area contributed by atoms with Crippen LogP contribution in [0.25, 0.3) is 11.3 Å². The van der Waals surface area contributed by atoms with E-state index >= 15 is 0 Å². The molecule has 1 N–H and O–H groups in total. The van der Waals surface area contributed by atoms with E-state index in [2.05, 4.69) is 15.3 Å². The Morgan fingerprint density at radius 1 is 1.23 bits per heavy atom. The third-order valence-corrected chi connectivity index (χ3v) is 4.67. The number of hydrogen-bond acceptors (Lipinski definition) is 8. The number of esters is 1. The number of nitrogens with one attached hydrogen (secondary N) is 1. The predicted octanol–water partition coefficient (Wildman–Crippen LogP) is 2.80. The van der Waals surface area contributed by atoms with Crippen molar-refractivity contribution in [2.75, 3.05) is 31.2 Å². The van der Waals surface area contributed by atoms with Crippen molar-refractivity contribution in [3.05, 3.63) is 66.6 Å². The number of rotatable bonds is 6. The fourth-order valence-corrected chi connectivity index (χ4v) is 3.24. The quantitative estimate of drug-likeness (QED) is 0.626. The lowest BCUT2D eigenvalue weighted by molar-refractivity contribution is 0.0324. The highest BCUT2D eigenvalue weighted by atomic mass is 16.5. The van der Waals surface area contributed by atoms with Crippen LogP contribution in [0.3, 0.4) is 0 Å². The summed E-state index contributed by atoms with van der Waals surface area (Å²) in [5, 5.41) is 3.34. The molecule has 1 fully saturated rings. The Morgan fingerprint density at radius 3 is 2.80 bits per heavy atom. The highest BCUT2D eigenvalue weighted by Gasteiger charge is 2.26. The van der Waals surface area contributed by atoms with Gasteiger partial charge in [0.15, 0.2) is 0 Å². The first kappa shape index (κ1) is 19.9. The second kappa shape index (κ2) is 9.43. The maximum atomic E-state index is 11.9. The van der Waals surface area contributed by atoms with Gasteiger partial charge in [-0.2, -0.15) is 0 Å². The lowest BCUT2D eigenvalue weighted by Crippen LogP contribution is -2.48. The van der Waals surface area contributed by atoms with E-state index < -0.39 is 0 Å². The number of anilines is 2. The van der Waals surface area contributed by atoms with Crippen molar-refractivity contribution in [1.82, 2.24) is 20.3 Å². The van der Waals surface area contributed by atoms with Crippen molar-refractivity contribution >= 4 is 17.6 Å². The summed E-state index contributed by atoms with van der Waals surface area (Å²) in [6.45, 7) is 4.20. The van der Waals surface area contributed by atoms with Crippen LogP contribution in [0.4, 0.5) is 11.6 Å². The number of nitrogens with zero attached hydrogens (tertiary/aromatic N) is 4. The fourth-order valence-electron chi connectivity index (χ4n) is 3.24. The Morgan fingerprint density at radius 2 is 2.10 bits per heavy atom. The van der Waals surface area contributed by atoms with Gasteiger partial charge >= 0.3 is 5.97 Å². The highest BCUT2D eigenvalue weighted by molar-refractivity contribution is 5.90. The Balaban J connectivity index is 1.65. The van der Waals surface area contributed by atoms with Crippen molar-refractivity contribution in [3.63, 3.8) is 0 Å². The van der Waals surface area contributed by atoms with Gasteiger partial charge in [0.2, 0.25) is 5.95 Å². The standard InChI is InChI=1S/C22H23N5O3/c1-2-29-21(28)17-7-5-16(6-8-17)19-9-11-25-22(26-19)27(18-4-3-10-23-14-18)20-15-24-12-13-30-20/h3-11,14,20,24H,2,12-13,15H2,1H3. The second-order valence-corrected chi connectivity index (χ2v) is 6.65. The van der Waals surface area contributed by atoms with Crippen molar-refractivity contribution in [2.24, 2.45) is 0 Å². The van der Waals surface area contributed by atoms with E-state index in [9.17, 15) is 4.79 Å². The van der Waals surface area contributed by atoms with Gasteiger partial charge in [-0.3, -0.25) is 9.88 Å². The van der Waals surface area contributed by atoms with Gasteiger partial charge in [-0.05, 0) is 37.3 Å². The molecule has 1 aliphatic heterocycles. The van der Waals surface area contributed by atoms with Gasteiger partial charge in [-0.25, -0.2) is 14.8 Å². The van der Waals surface area contributed by atoms with E-state index in [1.807, 2.05) is 35.2 Å². The van der Waals surface area contributed by atoms with Crippen LogP contribution in [-0.4, -0.2) is 53.5 Å². The Bertz CT molecular complexity index is 976. The molecule has 4 rings (SSSR count). The number of benzene rings is 1. The monoisotopic (exact) mass is 405 g/mol. The zero-order valence-electron chi connectivity index (χ0n) is 16.7. The third-order valence-electron chi connectivity index (χ3n) is 4.67. The van der Waals surface area contributed by atoms with Crippen LogP contribution in [0.5, 0.6) is 0 Å². The lowest BCUT2D eigenvalue weighted by Gasteiger charge is -2.34. The second-order valence-electron chi connectivity index (χ2n) is 6.65. The molecule has 30 heavy (non-hydrogen) atoms. The molecule has 0 bridgehead atoms. The molecule has 1 saturated heterocycles. The minimum atomic E-state index is -0.336. The summed E-state index contributed by atoms with van der Waals surface area (Å²) < 4.78 is 11.0. The number of pyridine rings is 1. The minimum absolute atomic E-state index is 0.246. The molecule has 154 valence electrons. The number of morpholine rings is 1. The molecular weight excluding hydrogens is 382 g/mol. The summed E-state index contributed by atoms with van der Waals surface area (Å²) in [5.41, 5.74) is 2.98. The van der Waals surface area contributed by atoms with E-state index in [0.29, 0.717) is 31.3 Å². The molecule has 3 aromatic rings. The molecule has 0 saturated carbocycles. The van der Waals surface area contributed by atoms with Crippen molar-refractivity contribution < 1.29 is 14.3 Å². The highest BCUT2D eigenvalue weighted by Crippen LogP contribution is 2.27. The van der Waals surface area contributed by atoms with Crippen LogP contribution in [0, 0.1) is 0 Å². The Labute approximate surface area is 174 Å². The summed E-state index contributed by atoms with van der Waals surface area (Å²) in [6.07, 6.45) is 4.97. The van der Waals surface area contributed by atoms with E-state index in [1.54, 1.807) is 37.6 Å². The van der Waals surface area contributed by atoms with Crippen LogP contribution in [0.1, 0.15) is 17.3 Å². The summed E-state index contributed by atoms with van der Waals surface area (Å²) >= 11 is 0. The van der Waals surface area contributed by atoms with Gasteiger partial charge in [0, 0.05) is 31.0 Å². The topological polar surface area (TPSA) is 89.5 Å². The van der Waals surface area contributed by atoms with E-state index in [0.717, 1.165) is 23.5 Å². The fraction of sp³-hybridized carbons (Fsp3) is 0.273. The van der Waals surface area contributed by atoms with E-state index in [-0.39, 0.29) is 12.2 Å². The summed E-state index contributed by atoms with van der Waals surface area (Å²) in [6, 6.07) is 12.8. The van der Waals surface area contributed by atoms with Gasteiger partial charge < -0.3 is 14.8 Å². The van der Waals surface area contributed by atoms with Crippen LogP contribution in [0.15, 0.2) is 61.1 Å². The van der Waals surface area contributed by atoms with Gasteiger partial charge in [-0.1, -0.05) is 12.1 Å². The Kier molecular flexibility index (Phi) is 6.26. The molecule has 0 amide bonds. The molecule has 0 spiro atoms. The van der Waals surface area contributed by atoms with Crippen LogP contribution < -0.4 is 10.2 Å². The lowest BCUT2D eigenvalue weighted by atomic mass is 10.1. The van der Waals surface area contributed by atoms with Crippen LogP contribution in [-0.2, 0) is 9.47 Å². The summed E-state index contributed by atoms with van der Waals surface area (Å²) in [7, 11) is 0. The minimum Gasteiger partial charge on any atom is -0.462 e. The normalized spacial score (nSPS) is 16.1. The first-order chi connectivity index (χ1) is 14.8. The summed E-state index contributed by atoms with van der Waals surface area (Å²) in [4.78, 5) is 27.3. The number of carbonyl (C=O) groups excluding carboxylic acids is 1. The zero-order chi connectivity index (χ0) is 20.8. The molecule has 1 atom stereocenters. The first-order valence-corrected chi connectivity index (χ1v) is 9.88. The van der Waals surface area contributed by atoms with Crippen molar-refractivity contribution in [3.8, 4) is 11.3 Å². The van der Waals surface area contributed by atoms with Gasteiger partial charge in [0.1, 0.15) is 6.23 Å². The largest absolute Gasteiger partial charge is 0.462 e. The Hall–Kier alpha value is -3.36.